The lowest BCUT2D eigenvalue weighted by molar-refractivity contribution is -0.137. The van der Waals surface area contributed by atoms with E-state index in [1.165, 1.54) is 0 Å². The summed E-state index contributed by atoms with van der Waals surface area (Å²) in [5, 5.41) is 0. The molecule has 1 atom stereocenters. The molecule has 1 aromatic rings. The molecule has 2 rings (SSSR count). The lowest BCUT2D eigenvalue weighted by Gasteiger charge is -2.28. The maximum absolute atomic E-state index is 13.7. The molecule has 6 heteroatoms. The second kappa shape index (κ2) is 5.46. The van der Waals surface area contributed by atoms with Crippen LogP contribution in [0.4, 0.5) is 17.6 Å². The number of hydrogen-bond acceptors (Lipinski definition) is 2. The summed E-state index contributed by atoms with van der Waals surface area (Å²) in [6.45, 7) is 1.03. The number of nitrogens with two attached hydrogens (primary N) is 1. The maximum atomic E-state index is 13.7. The highest BCUT2D eigenvalue weighted by atomic mass is 19.4. The Bertz CT molecular complexity index is 441. The average Bonchev–Trinajstić information content (AvgIpc) is 2.38. The van der Waals surface area contributed by atoms with E-state index in [0.29, 0.717) is 26.1 Å². The van der Waals surface area contributed by atoms with E-state index in [9.17, 15) is 17.6 Å². The maximum Gasteiger partial charge on any atom is 0.416 e. The van der Waals surface area contributed by atoms with Gasteiger partial charge in [0, 0.05) is 24.8 Å². The Balaban J connectivity index is 2.27. The number of hydrogen-bond donors (Lipinski definition) is 1. The second-order valence-corrected chi connectivity index (χ2v) is 4.71. The number of halogens is 4. The molecule has 1 aliphatic rings. The zero-order chi connectivity index (χ0) is 14.0. The minimum absolute atomic E-state index is 0.0493. The summed E-state index contributed by atoms with van der Waals surface area (Å²) in [7, 11) is 0. The molecule has 106 valence electrons. The molecule has 1 heterocycles. The van der Waals surface area contributed by atoms with Crippen LogP contribution < -0.4 is 5.73 Å². The zero-order valence-corrected chi connectivity index (χ0v) is 10.2. The van der Waals surface area contributed by atoms with Crippen LogP contribution in [0.25, 0.3) is 0 Å². The van der Waals surface area contributed by atoms with Gasteiger partial charge in [0.2, 0.25) is 0 Å². The molecular weight excluding hydrogens is 262 g/mol. The molecule has 0 bridgehead atoms. The van der Waals surface area contributed by atoms with Gasteiger partial charge >= 0.3 is 6.18 Å². The first-order valence-corrected chi connectivity index (χ1v) is 6.09. The lowest BCUT2D eigenvalue weighted by Crippen LogP contribution is -2.28. The summed E-state index contributed by atoms with van der Waals surface area (Å²) in [5.41, 5.74) is 4.98. The van der Waals surface area contributed by atoms with E-state index >= 15 is 0 Å². The normalized spacial score (nSPS) is 19.4. The summed E-state index contributed by atoms with van der Waals surface area (Å²) in [4.78, 5) is 0. The highest BCUT2D eigenvalue weighted by Gasteiger charge is 2.33. The van der Waals surface area contributed by atoms with E-state index in [-0.39, 0.29) is 11.5 Å². The summed E-state index contributed by atoms with van der Waals surface area (Å²) in [5.74, 6) is -0.737. The Kier molecular flexibility index (Phi) is 4.10. The van der Waals surface area contributed by atoms with Gasteiger partial charge in [0.25, 0.3) is 0 Å². The van der Waals surface area contributed by atoms with Crippen LogP contribution in [0.15, 0.2) is 18.2 Å². The quantitative estimate of drug-likeness (QED) is 0.842. The van der Waals surface area contributed by atoms with Crippen molar-refractivity contribution >= 4 is 0 Å². The second-order valence-electron chi connectivity index (χ2n) is 4.71. The molecule has 0 aromatic heterocycles. The summed E-state index contributed by atoms with van der Waals surface area (Å²) < 4.78 is 56.7. The van der Waals surface area contributed by atoms with Gasteiger partial charge in [-0.25, -0.2) is 4.39 Å². The van der Waals surface area contributed by atoms with E-state index in [1.807, 2.05) is 0 Å². The van der Waals surface area contributed by atoms with Gasteiger partial charge in [0.1, 0.15) is 5.82 Å². The van der Waals surface area contributed by atoms with Crippen LogP contribution in [0.2, 0.25) is 0 Å². The Morgan fingerprint density at radius 1 is 1.21 bits per heavy atom. The van der Waals surface area contributed by atoms with Crippen molar-refractivity contribution in [3.05, 3.63) is 35.1 Å². The molecule has 1 aromatic carbocycles. The van der Waals surface area contributed by atoms with Crippen LogP contribution in [0.5, 0.6) is 0 Å². The molecule has 2 N–H and O–H groups in total. The van der Waals surface area contributed by atoms with Crippen molar-refractivity contribution in [2.45, 2.75) is 25.1 Å². The number of ether oxygens (including phenoxy) is 1. The average molecular weight is 277 g/mol. The number of benzene rings is 1. The largest absolute Gasteiger partial charge is 0.416 e. The Labute approximate surface area is 108 Å². The lowest BCUT2D eigenvalue weighted by atomic mass is 9.87. The highest BCUT2D eigenvalue weighted by molar-refractivity contribution is 5.29. The SMILES string of the molecule is NC(c1cc(C(F)(F)F)ccc1F)C1CCOCC1. The monoisotopic (exact) mass is 277 g/mol. The van der Waals surface area contributed by atoms with Crippen LogP contribution in [0.1, 0.15) is 30.0 Å². The van der Waals surface area contributed by atoms with Crippen molar-refractivity contribution in [1.82, 2.24) is 0 Å². The van der Waals surface area contributed by atoms with Gasteiger partial charge in [-0.05, 0) is 37.0 Å². The molecule has 0 saturated carbocycles. The van der Waals surface area contributed by atoms with Gasteiger partial charge in [-0.2, -0.15) is 13.2 Å². The van der Waals surface area contributed by atoms with Crippen LogP contribution in [-0.2, 0) is 10.9 Å². The van der Waals surface area contributed by atoms with Crippen molar-refractivity contribution in [2.75, 3.05) is 13.2 Å². The predicted molar refractivity (Wildman–Crippen MR) is 61.9 cm³/mol. The fourth-order valence-corrected chi connectivity index (χ4v) is 2.30. The van der Waals surface area contributed by atoms with Crippen molar-refractivity contribution in [1.29, 1.82) is 0 Å². The smallest absolute Gasteiger partial charge is 0.381 e. The van der Waals surface area contributed by atoms with Crippen LogP contribution in [-0.4, -0.2) is 13.2 Å². The standard InChI is InChI=1S/C13H15F4NO/c14-11-2-1-9(13(15,16)17)7-10(11)12(18)8-3-5-19-6-4-8/h1-2,7-8,12H,3-6,18H2. The Morgan fingerprint density at radius 3 is 2.42 bits per heavy atom. The van der Waals surface area contributed by atoms with Gasteiger partial charge in [-0.15, -0.1) is 0 Å². The Morgan fingerprint density at radius 2 is 1.84 bits per heavy atom. The van der Waals surface area contributed by atoms with Crippen molar-refractivity contribution < 1.29 is 22.3 Å². The van der Waals surface area contributed by atoms with Gasteiger partial charge in [-0.1, -0.05) is 0 Å². The Hall–Kier alpha value is -1.14. The molecule has 0 amide bonds. The molecule has 2 nitrogen and oxygen atoms in total. The third-order valence-electron chi connectivity index (χ3n) is 3.46. The third-order valence-corrected chi connectivity index (χ3v) is 3.46. The zero-order valence-electron chi connectivity index (χ0n) is 10.2. The van der Waals surface area contributed by atoms with E-state index in [4.69, 9.17) is 10.5 Å². The van der Waals surface area contributed by atoms with Gasteiger partial charge in [0.15, 0.2) is 0 Å². The van der Waals surface area contributed by atoms with Crippen molar-refractivity contribution in [2.24, 2.45) is 11.7 Å². The third kappa shape index (κ3) is 3.25. The topological polar surface area (TPSA) is 35.2 Å². The molecule has 1 unspecified atom stereocenters. The predicted octanol–water partition coefficient (Wildman–Crippen LogP) is 3.27. The van der Waals surface area contributed by atoms with E-state index in [1.54, 1.807) is 0 Å². The fraction of sp³-hybridized carbons (Fsp3) is 0.538. The van der Waals surface area contributed by atoms with Crippen molar-refractivity contribution in [3.8, 4) is 0 Å². The van der Waals surface area contributed by atoms with Crippen LogP contribution >= 0.6 is 0 Å². The molecular formula is C13H15F4NO. The minimum Gasteiger partial charge on any atom is -0.381 e. The van der Waals surface area contributed by atoms with Gasteiger partial charge < -0.3 is 10.5 Å². The highest BCUT2D eigenvalue weighted by Crippen LogP contribution is 2.34. The van der Waals surface area contributed by atoms with E-state index in [2.05, 4.69) is 0 Å². The van der Waals surface area contributed by atoms with E-state index < -0.39 is 23.6 Å². The fourth-order valence-electron chi connectivity index (χ4n) is 2.30. The first-order valence-electron chi connectivity index (χ1n) is 6.09. The molecule has 0 spiro atoms. The van der Waals surface area contributed by atoms with Crippen LogP contribution in [0.3, 0.4) is 0 Å². The van der Waals surface area contributed by atoms with Gasteiger partial charge in [0.05, 0.1) is 5.56 Å². The molecule has 1 saturated heterocycles. The van der Waals surface area contributed by atoms with Gasteiger partial charge in [-0.3, -0.25) is 0 Å². The molecule has 19 heavy (non-hydrogen) atoms. The summed E-state index contributed by atoms with van der Waals surface area (Å²) in [6, 6.07) is 1.65. The first kappa shape index (κ1) is 14.3. The summed E-state index contributed by atoms with van der Waals surface area (Å²) in [6.07, 6.45) is -3.22. The number of rotatable bonds is 2. The molecule has 1 aliphatic heterocycles. The molecule has 0 aliphatic carbocycles. The summed E-state index contributed by atoms with van der Waals surface area (Å²) >= 11 is 0. The van der Waals surface area contributed by atoms with Crippen LogP contribution in [0, 0.1) is 11.7 Å². The minimum atomic E-state index is -4.49. The number of alkyl halides is 3. The van der Waals surface area contributed by atoms with Crippen molar-refractivity contribution in [3.63, 3.8) is 0 Å². The first-order chi connectivity index (χ1) is 8.89. The molecule has 1 fully saturated rings. The molecule has 0 radical (unpaired) electrons. The van der Waals surface area contributed by atoms with E-state index in [0.717, 1.165) is 18.2 Å².